The van der Waals surface area contributed by atoms with E-state index in [2.05, 4.69) is 4.98 Å². The van der Waals surface area contributed by atoms with Gasteiger partial charge in [-0.3, -0.25) is 4.79 Å². The lowest BCUT2D eigenvalue weighted by Crippen LogP contribution is -2.40. The highest BCUT2D eigenvalue weighted by Crippen LogP contribution is 2.20. The van der Waals surface area contributed by atoms with Gasteiger partial charge in [0, 0.05) is 32.5 Å². The minimum Gasteiger partial charge on any atom is -0.381 e. The summed E-state index contributed by atoms with van der Waals surface area (Å²) < 4.78 is 31.1. The topological polar surface area (TPSA) is 79.5 Å². The molecule has 2 rings (SSSR count). The van der Waals surface area contributed by atoms with E-state index in [0.717, 1.165) is 0 Å². The lowest BCUT2D eigenvalue weighted by atomic mass is 10.1. The number of aromatic nitrogens is 1. The van der Waals surface area contributed by atoms with Crippen molar-refractivity contribution in [2.45, 2.75) is 23.8 Å². The maximum atomic E-state index is 12.3. The SMILES string of the molecule is COC1CCN(S(=O)(=O)c2ccc(=O)[nH]c2)CC1. The summed E-state index contributed by atoms with van der Waals surface area (Å²) in [5, 5.41) is 0. The maximum absolute atomic E-state index is 12.3. The van der Waals surface area contributed by atoms with Crippen molar-refractivity contribution < 1.29 is 13.2 Å². The van der Waals surface area contributed by atoms with Crippen LogP contribution in [0.5, 0.6) is 0 Å². The normalized spacial score (nSPS) is 18.9. The molecule has 0 atom stereocenters. The fourth-order valence-corrected chi connectivity index (χ4v) is 3.45. The second-order valence-corrected chi connectivity index (χ2v) is 6.17. The van der Waals surface area contributed by atoms with Gasteiger partial charge in [0.05, 0.1) is 11.0 Å². The van der Waals surface area contributed by atoms with E-state index in [4.69, 9.17) is 4.74 Å². The van der Waals surface area contributed by atoms with E-state index in [1.807, 2.05) is 0 Å². The van der Waals surface area contributed by atoms with Crippen molar-refractivity contribution in [2.24, 2.45) is 0 Å². The van der Waals surface area contributed by atoms with E-state index in [1.165, 1.54) is 22.6 Å². The number of ether oxygens (including phenoxy) is 1. The molecule has 0 radical (unpaired) electrons. The Labute approximate surface area is 106 Å². The summed E-state index contributed by atoms with van der Waals surface area (Å²) in [6.45, 7) is 0.889. The number of H-pyrrole nitrogens is 1. The second-order valence-electron chi connectivity index (χ2n) is 4.23. The first-order valence-electron chi connectivity index (χ1n) is 5.76. The van der Waals surface area contributed by atoms with Crippen molar-refractivity contribution in [1.29, 1.82) is 0 Å². The van der Waals surface area contributed by atoms with Crippen molar-refractivity contribution in [2.75, 3.05) is 20.2 Å². The van der Waals surface area contributed by atoms with Crippen LogP contribution in [0, 0.1) is 0 Å². The Morgan fingerprint density at radius 3 is 2.50 bits per heavy atom. The molecule has 0 spiro atoms. The average molecular weight is 272 g/mol. The minimum absolute atomic E-state index is 0.123. The van der Waals surface area contributed by atoms with Crippen LogP contribution in [0.1, 0.15) is 12.8 Å². The number of rotatable bonds is 3. The van der Waals surface area contributed by atoms with Gasteiger partial charge in [-0.1, -0.05) is 0 Å². The first-order chi connectivity index (χ1) is 8.54. The van der Waals surface area contributed by atoms with Gasteiger partial charge in [-0.25, -0.2) is 8.42 Å². The van der Waals surface area contributed by atoms with Crippen LogP contribution in [0.15, 0.2) is 28.0 Å². The molecule has 0 aliphatic carbocycles. The molecule has 0 aromatic carbocycles. The van der Waals surface area contributed by atoms with Gasteiger partial charge in [-0.05, 0) is 18.9 Å². The Bertz CT molecular complexity index is 538. The van der Waals surface area contributed by atoms with E-state index < -0.39 is 10.0 Å². The summed E-state index contributed by atoms with van der Waals surface area (Å²) in [4.78, 5) is 13.4. The molecular formula is C11H16N2O4S. The molecular weight excluding hydrogens is 256 g/mol. The Kier molecular flexibility index (Phi) is 3.84. The van der Waals surface area contributed by atoms with Crippen molar-refractivity contribution >= 4 is 10.0 Å². The lowest BCUT2D eigenvalue weighted by Gasteiger charge is -2.30. The van der Waals surface area contributed by atoms with Gasteiger partial charge in [0.25, 0.3) is 0 Å². The third-order valence-corrected chi connectivity index (χ3v) is 5.02. The van der Waals surface area contributed by atoms with Crippen LogP contribution in [-0.4, -0.2) is 44.0 Å². The summed E-state index contributed by atoms with van der Waals surface area (Å²) in [6.07, 6.45) is 2.75. The van der Waals surface area contributed by atoms with Crippen molar-refractivity contribution in [3.05, 3.63) is 28.7 Å². The van der Waals surface area contributed by atoms with E-state index >= 15 is 0 Å². The zero-order valence-electron chi connectivity index (χ0n) is 10.1. The van der Waals surface area contributed by atoms with Crippen LogP contribution in [0.3, 0.4) is 0 Å². The molecule has 0 unspecified atom stereocenters. The summed E-state index contributed by atoms with van der Waals surface area (Å²) >= 11 is 0. The van der Waals surface area contributed by atoms with Gasteiger partial charge in [-0.15, -0.1) is 0 Å². The molecule has 1 fully saturated rings. The summed E-state index contributed by atoms with van der Waals surface area (Å²) in [5.74, 6) is 0. The van der Waals surface area contributed by atoms with Gasteiger partial charge in [0.2, 0.25) is 15.6 Å². The summed E-state index contributed by atoms with van der Waals surface area (Å²) in [5.41, 5.74) is -0.313. The highest BCUT2D eigenvalue weighted by atomic mass is 32.2. The number of hydrogen-bond acceptors (Lipinski definition) is 4. The van der Waals surface area contributed by atoms with E-state index in [9.17, 15) is 13.2 Å². The predicted molar refractivity (Wildman–Crippen MR) is 65.9 cm³/mol. The van der Waals surface area contributed by atoms with Gasteiger partial charge in [0.15, 0.2) is 0 Å². The van der Waals surface area contributed by atoms with Gasteiger partial charge in [0.1, 0.15) is 0 Å². The molecule has 7 heteroatoms. The number of nitrogens with zero attached hydrogens (tertiary/aromatic N) is 1. The van der Waals surface area contributed by atoms with Crippen LogP contribution in [0.2, 0.25) is 0 Å². The third-order valence-electron chi connectivity index (χ3n) is 3.13. The predicted octanol–water partition coefficient (Wildman–Crippen LogP) is 0.174. The smallest absolute Gasteiger partial charge is 0.247 e. The standard InChI is InChI=1S/C11H16N2O4S/c1-17-9-4-6-13(7-5-9)18(15,16)10-2-3-11(14)12-8-10/h2-3,8-9H,4-7H2,1H3,(H,12,14). The largest absolute Gasteiger partial charge is 0.381 e. The van der Waals surface area contributed by atoms with Crippen LogP contribution in [0.4, 0.5) is 0 Å². The zero-order chi connectivity index (χ0) is 13.2. The molecule has 1 saturated heterocycles. The second kappa shape index (κ2) is 5.21. The molecule has 0 saturated carbocycles. The van der Waals surface area contributed by atoms with Crippen LogP contribution in [-0.2, 0) is 14.8 Å². The van der Waals surface area contributed by atoms with Crippen LogP contribution in [0.25, 0.3) is 0 Å². The highest BCUT2D eigenvalue weighted by molar-refractivity contribution is 7.89. The Morgan fingerprint density at radius 2 is 2.00 bits per heavy atom. The van der Waals surface area contributed by atoms with Crippen LogP contribution >= 0.6 is 0 Å². The van der Waals surface area contributed by atoms with Gasteiger partial charge >= 0.3 is 0 Å². The molecule has 1 aromatic rings. The highest BCUT2D eigenvalue weighted by Gasteiger charge is 2.29. The first-order valence-corrected chi connectivity index (χ1v) is 7.20. The molecule has 0 bridgehead atoms. The van der Waals surface area contributed by atoms with Crippen molar-refractivity contribution in [1.82, 2.24) is 9.29 Å². The number of nitrogens with one attached hydrogen (secondary N) is 1. The molecule has 2 heterocycles. The van der Waals surface area contributed by atoms with Gasteiger partial charge in [-0.2, -0.15) is 4.31 Å². The van der Waals surface area contributed by atoms with Crippen molar-refractivity contribution in [3.63, 3.8) is 0 Å². The number of piperidine rings is 1. The quantitative estimate of drug-likeness (QED) is 0.851. The maximum Gasteiger partial charge on any atom is 0.247 e. The van der Waals surface area contributed by atoms with Gasteiger partial charge < -0.3 is 9.72 Å². The Balaban J connectivity index is 2.17. The van der Waals surface area contributed by atoms with Crippen LogP contribution < -0.4 is 5.56 Å². The summed E-state index contributed by atoms with van der Waals surface area (Å²) in [6, 6.07) is 2.55. The molecule has 1 aromatic heterocycles. The van der Waals surface area contributed by atoms with E-state index in [1.54, 1.807) is 7.11 Å². The monoisotopic (exact) mass is 272 g/mol. The number of pyridine rings is 1. The molecule has 6 nitrogen and oxygen atoms in total. The average Bonchev–Trinajstić information content (AvgIpc) is 2.39. The fraction of sp³-hybridized carbons (Fsp3) is 0.545. The van der Waals surface area contributed by atoms with E-state index in [-0.39, 0.29) is 16.6 Å². The number of hydrogen-bond donors (Lipinski definition) is 1. The lowest BCUT2D eigenvalue weighted by molar-refractivity contribution is 0.0604. The number of aromatic amines is 1. The molecule has 1 aliphatic rings. The molecule has 100 valence electrons. The molecule has 18 heavy (non-hydrogen) atoms. The molecule has 1 aliphatic heterocycles. The Morgan fingerprint density at radius 1 is 1.33 bits per heavy atom. The summed E-state index contributed by atoms with van der Waals surface area (Å²) in [7, 11) is -1.87. The van der Waals surface area contributed by atoms with Crippen molar-refractivity contribution in [3.8, 4) is 0 Å². The first kappa shape index (κ1) is 13.3. The number of sulfonamides is 1. The molecule has 0 amide bonds. The fourth-order valence-electron chi connectivity index (χ4n) is 2.01. The minimum atomic E-state index is -3.50. The number of methoxy groups -OCH3 is 1. The van der Waals surface area contributed by atoms with E-state index in [0.29, 0.717) is 25.9 Å². The molecule has 1 N–H and O–H groups in total. The third kappa shape index (κ3) is 2.63. The zero-order valence-corrected chi connectivity index (χ0v) is 10.9. The Hall–Kier alpha value is -1.18.